The third-order valence-electron chi connectivity index (χ3n) is 10.4. The van der Waals surface area contributed by atoms with Gasteiger partial charge in [-0.2, -0.15) is 96.6 Å². The molecule has 0 radical (unpaired) electrons. The fraction of sp³-hybridized carbons (Fsp3) is 0.296. The van der Waals surface area contributed by atoms with Crippen LogP contribution >= 0.6 is 10.7 Å². The summed E-state index contributed by atoms with van der Waals surface area (Å²) in [4.78, 5) is 20.3. The van der Waals surface area contributed by atoms with Crippen molar-refractivity contribution in [2.45, 2.75) is 61.2 Å². The molecule has 0 aliphatic rings. The van der Waals surface area contributed by atoms with Gasteiger partial charge in [-0.1, -0.05) is 19.6 Å². The predicted molar refractivity (Wildman–Crippen MR) is 294 cm³/mol. The Morgan fingerprint density at radius 2 is 0.667 bits per heavy atom. The third-order valence-corrected chi connectivity index (χ3v) is 13.1. The molecule has 0 atom stereocenters. The molecule has 6 rings (SSSR count). The Morgan fingerprint density at radius 1 is 0.410 bits per heavy atom. The van der Waals surface area contributed by atoms with Gasteiger partial charge in [0.2, 0.25) is 23.3 Å². The number of nitrogens with two attached hydrogens (primary N) is 1. The zero-order chi connectivity index (χ0) is 80.6. The Bertz CT molecular complexity index is 4100. The van der Waals surface area contributed by atoms with Crippen LogP contribution in [0.1, 0.15) is 35.1 Å². The average Bonchev–Trinajstić information content (AvgIpc) is 0.848. The number of rotatable bonds is 21. The summed E-state index contributed by atoms with van der Waals surface area (Å²) in [5.41, 5.74) is 0.584. The minimum atomic E-state index is -5.21. The van der Waals surface area contributed by atoms with Crippen LogP contribution in [0.4, 0.5) is 143 Å². The van der Waals surface area contributed by atoms with Gasteiger partial charge in [0.05, 0.1) is 34.6 Å². The number of carboxylic acids is 2. The van der Waals surface area contributed by atoms with Crippen molar-refractivity contribution < 1.29 is 206 Å². The van der Waals surface area contributed by atoms with E-state index in [4.69, 9.17) is 26.6 Å². The Morgan fingerprint density at radius 3 is 0.952 bits per heavy atom. The summed E-state index contributed by atoms with van der Waals surface area (Å²) in [6.45, 7) is -11.7. The summed E-state index contributed by atoms with van der Waals surface area (Å²) in [6, 6.07) is 8.32. The molecule has 0 heterocycles. The van der Waals surface area contributed by atoms with E-state index in [2.05, 4.69) is 37.9 Å². The number of methoxy groups -OCH3 is 1. The predicted octanol–water partition coefficient (Wildman–Crippen LogP) is 16.5. The molecule has 0 aliphatic heterocycles. The van der Waals surface area contributed by atoms with Crippen molar-refractivity contribution in [3.05, 3.63) is 142 Å². The van der Waals surface area contributed by atoms with Gasteiger partial charge in [-0.15, -0.1) is 0 Å². The van der Waals surface area contributed by atoms with E-state index >= 15 is 0 Å². The van der Waals surface area contributed by atoms with Crippen LogP contribution in [0.5, 0.6) is 46.0 Å². The summed E-state index contributed by atoms with van der Waals surface area (Å²) in [7, 11) is -2.86. The lowest BCUT2D eigenvalue weighted by Gasteiger charge is -2.18. The molecule has 6 aromatic rings. The standard InChI is InChI=1S/C17H10F9NO6S.C10H6F9NO2.C10H5F9O2.C9H9F3O2.C7H5ClO4S.CH4/c18-9-12(27-34(30,31)8-3-1-2-7(4-8)15(28)29)10(19)14(33-6-17(24,25)26)11(20)13(9)32-5-16(21,22)23;11-3-6(20)4(12)8(22-2-10(17,18)19)5(13)7(3)21-1-9(14,15)16;11-4-1-5(12)8(21-3-10(17,18)19)6(13)7(4)20-2-9(14,15)16;1-3-14-9-6(11)4-5(10)8(13-2)7(9)12;8-13(11,12)6-3-1-2-5(4-6)7(9)10;/h1-4,27H,5-6H2,(H,28,29);1-2,20H2;1H,2-3H2;4H,3H2,1-2H3;1-4H,(H,9,10);1H4. The zero-order valence-electron chi connectivity index (χ0n) is 49.9. The maximum absolute atomic E-state index is 14.6. The van der Waals surface area contributed by atoms with E-state index < -0.39 is 245 Å². The SMILES string of the molecule is C.CCOc1c(F)cc(F)c(OC)c1F.Fc1cc(F)c(OCC(F)(F)F)c(F)c1OCC(F)(F)F.Nc1c(F)c(OCC(F)(F)F)c(F)c(OCC(F)(F)F)c1F.O=C(O)c1cccc(S(=O)(=O)Cl)c1.O=C(O)c1cccc(S(=O)(=O)Nc2c(F)c(OCC(F)(F)F)c(F)c(OCC(F)(F)F)c2F)c1. The number of nitrogens with one attached hydrogen (secondary N) is 1. The van der Waals surface area contributed by atoms with Crippen LogP contribution in [-0.2, 0) is 19.1 Å². The van der Waals surface area contributed by atoms with Gasteiger partial charge >= 0.3 is 49.0 Å². The number of hydrogen-bond acceptors (Lipinski definition) is 15. The van der Waals surface area contributed by atoms with Crippen molar-refractivity contribution in [2.75, 3.05) is 63.8 Å². The van der Waals surface area contributed by atoms with Gasteiger partial charge < -0.3 is 53.8 Å². The smallest absolute Gasteiger partial charge is 0.422 e. The number of nitrogen functional groups attached to an aromatic ring is 1. The van der Waals surface area contributed by atoms with Crippen LogP contribution < -0.4 is 48.4 Å². The molecule has 0 unspecified atom stereocenters. The van der Waals surface area contributed by atoms with Crippen LogP contribution in [0.15, 0.2) is 70.5 Å². The largest absolute Gasteiger partial charge is 0.491 e. The summed E-state index contributed by atoms with van der Waals surface area (Å²) in [5, 5.41) is 17.4. The summed E-state index contributed by atoms with van der Waals surface area (Å²) >= 11 is 0. The van der Waals surface area contributed by atoms with E-state index in [9.17, 15) is 158 Å². The molecule has 0 spiro atoms. The van der Waals surface area contributed by atoms with E-state index in [1.807, 2.05) is 0 Å². The topological polar surface area (TPSA) is 255 Å². The first-order valence-electron chi connectivity index (χ1n) is 25.7. The molecular formula is C54H39ClF30N2O16S2. The number of anilines is 2. The number of hydrogen-bond donors (Lipinski definition) is 4. The van der Waals surface area contributed by atoms with Gasteiger partial charge in [0.25, 0.3) is 19.1 Å². The highest BCUT2D eigenvalue weighted by Gasteiger charge is 2.40. The molecule has 0 saturated carbocycles. The second kappa shape index (κ2) is 37.4. The fourth-order valence-corrected chi connectivity index (χ4v) is 8.29. The number of carbonyl (C=O) groups is 2. The molecule has 0 amide bonds. The van der Waals surface area contributed by atoms with Crippen LogP contribution in [0.3, 0.4) is 0 Å². The summed E-state index contributed by atoms with van der Waals surface area (Å²) in [5.74, 6) is -37.9. The van der Waals surface area contributed by atoms with Crippen molar-refractivity contribution in [2.24, 2.45) is 0 Å². The quantitative estimate of drug-likeness (QED) is 0.0297. The van der Waals surface area contributed by atoms with Gasteiger partial charge in [0.15, 0.2) is 132 Å². The lowest BCUT2D eigenvalue weighted by atomic mass is 10.2. The molecule has 5 N–H and O–H groups in total. The Kier molecular flexibility index (Phi) is 33.2. The zero-order valence-corrected chi connectivity index (χ0v) is 52.3. The first-order valence-corrected chi connectivity index (χ1v) is 29.5. The number of aromatic carboxylic acids is 2. The minimum Gasteiger partial charge on any atom is -0.491 e. The van der Waals surface area contributed by atoms with Gasteiger partial charge in [-0.25, -0.2) is 61.5 Å². The first kappa shape index (κ1) is 93.4. The van der Waals surface area contributed by atoms with E-state index in [-0.39, 0.29) is 30.6 Å². The van der Waals surface area contributed by atoms with Gasteiger partial charge in [0, 0.05) is 22.8 Å². The number of alkyl halides is 18. The Balaban J connectivity index is 0.000000684. The number of carboxylic acid groups (broad SMARTS) is 2. The molecule has 0 bridgehead atoms. The van der Waals surface area contributed by atoms with E-state index in [0.29, 0.717) is 12.1 Å². The summed E-state index contributed by atoms with van der Waals surface area (Å²) < 4.78 is 459. The maximum atomic E-state index is 14.6. The first-order chi connectivity index (χ1) is 47.2. The lowest BCUT2D eigenvalue weighted by Crippen LogP contribution is -2.23. The number of benzene rings is 6. The molecule has 51 heteroatoms. The van der Waals surface area contributed by atoms with Crippen LogP contribution in [0.2, 0.25) is 0 Å². The number of ether oxygens (including phenoxy) is 8. The highest BCUT2D eigenvalue weighted by Crippen LogP contribution is 2.43. The monoisotopic (exact) mass is 1640 g/mol. The highest BCUT2D eigenvalue weighted by atomic mass is 35.7. The van der Waals surface area contributed by atoms with Crippen molar-refractivity contribution in [3.8, 4) is 46.0 Å². The van der Waals surface area contributed by atoms with Crippen LogP contribution in [0, 0.1) is 69.8 Å². The van der Waals surface area contributed by atoms with Crippen molar-refractivity contribution in [1.29, 1.82) is 0 Å². The Labute approximate surface area is 570 Å². The molecule has 0 saturated heterocycles. The number of halogens is 31. The summed E-state index contributed by atoms with van der Waals surface area (Å²) in [6.07, 6.45) is -30.3. The molecule has 0 aliphatic carbocycles. The van der Waals surface area contributed by atoms with Crippen LogP contribution in [0.25, 0.3) is 0 Å². The molecule has 590 valence electrons. The third kappa shape index (κ3) is 29.8. The molecule has 18 nitrogen and oxygen atoms in total. The molecule has 0 fully saturated rings. The van der Waals surface area contributed by atoms with E-state index in [1.165, 1.54) is 22.9 Å². The normalized spacial score (nSPS) is 11.8. The fourth-order valence-electron chi connectivity index (χ4n) is 6.39. The minimum absolute atomic E-state index is 0. The van der Waals surface area contributed by atoms with E-state index in [0.717, 1.165) is 31.4 Å². The average molecular weight is 1640 g/mol. The van der Waals surface area contributed by atoms with Crippen molar-refractivity contribution in [1.82, 2.24) is 0 Å². The Hall–Kier alpha value is -9.65. The highest BCUT2D eigenvalue weighted by molar-refractivity contribution is 8.13. The maximum Gasteiger partial charge on any atom is 0.422 e. The number of sulfonamides is 1. The molecular weight excluding hydrogens is 1600 g/mol. The molecule has 105 heavy (non-hydrogen) atoms. The second-order valence-corrected chi connectivity index (χ2v) is 22.6. The van der Waals surface area contributed by atoms with Gasteiger partial charge in [0.1, 0.15) is 11.4 Å². The van der Waals surface area contributed by atoms with Crippen molar-refractivity contribution >= 4 is 53.1 Å². The molecule has 6 aromatic carbocycles. The van der Waals surface area contributed by atoms with Crippen LogP contribution in [-0.4, -0.2) is 129 Å². The van der Waals surface area contributed by atoms with Gasteiger partial charge in [-0.3, -0.25) is 4.72 Å². The molecule has 0 aromatic heterocycles. The van der Waals surface area contributed by atoms with E-state index in [1.54, 1.807) is 6.92 Å². The van der Waals surface area contributed by atoms with Crippen molar-refractivity contribution in [3.63, 3.8) is 0 Å². The lowest BCUT2D eigenvalue weighted by molar-refractivity contribution is -0.156. The second-order valence-electron chi connectivity index (χ2n) is 18.4. The van der Waals surface area contributed by atoms with Gasteiger partial charge in [-0.05, 0) is 43.3 Å².